The molecule has 3 rings (SSSR count). The number of amides is 1. The van der Waals surface area contributed by atoms with Crippen LogP contribution < -0.4 is 0 Å². The van der Waals surface area contributed by atoms with Crippen LogP contribution in [0, 0.1) is 0 Å². The Morgan fingerprint density at radius 3 is 2.73 bits per heavy atom. The second kappa shape index (κ2) is 9.00. The Labute approximate surface area is 161 Å². The van der Waals surface area contributed by atoms with Crippen LogP contribution in [0.5, 0.6) is 0 Å². The van der Waals surface area contributed by atoms with Crippen molar-refractivity contribution in [2.24, 2.45) is 0 Å². The highest BCUT2D eigenvalue weighted by molar-refractivity contribution is 7.99. The van der Waals surface area contributed by atoms with Gasteiger partial charge in [-0.25, -0.2) is 4.98 Å². The Bertz CT molecular complexity index is 815. The van der Waals surface area contributed by atoms with Crippen molar-refractivity contribution in [3.05, 3.63) is 64.1 Å². The van der Waals surface area contributed by atoms with Crippen LogP contribution in [0.1, 0.15) is 30.1 Å². The molecule has 0 radical (unpaired) electrons. The van der Waals surface area contributed by atoms with Gasteiger partial charge in [-0.05, 0) is 30.9 Å². The molecule has 1 aromatic carbocycles. The highest BCUT2D eigenvalue weighted by Crippen LogP contribution is 2.18. The molecule has 2 heterocycles. The lowest BCUT2D eigenvalue weighted by atomic mass is 10.2. The van der Waals surface area contributed by atoms with E-state index in [9.17, 15) is 4.79 Å². The second-order valence-corrected chi connectivity index (χ2v) is 8.19. The zero-order valence-corrected chi connectivity index (χ0v) is 16.5. The van der Waals surface area contributed by atoms with E-state index in [0.717, 1.165) is 17.8 Å². The van der Waals surface area contributed by atoms with Gasteiger partial charge >= 0.3 is 0 Å². The molecule has 0 fully saturated rings. The van der Waals surface area contributed by atoms with Crippen molar-refractivity contribution in [3.63, 3.8) is 0 Å². The minimum Gasteiger partial charge on any atom is -0.335 e. The van der Waals surface area contributed by atoms with Crippen molar-refractivity contribution in [1.29, 1.82) is 0 Å². The largest absolute Gasteiger partial charge is 0.335 e. The molecule has 0 saturated heterocycles. The van der Waals surface area contributed by atoms with Crippen molar-refractivity contribution >= 4 is 29.0 Å². The van der Waals surface area contributed by atoms with Gasteiger partial charge in [0.05, 0.1) is 5.75 Å². The lowest BCUT2D eigenvalue weighted by Gasteiger charge is -2.26. The van der Waals surface area contributed by atoms with Crippen LogP contribution in [0.2, 0.25) is 0 Å². The molecule has 0 unspecified atom stereocenters. The average molecular weight is 387 g/mol. The van der Waals surface area contributed by atoms with Crippen molar-refractivity contribution < 1.29 is 4.79 Å². The van der Waals surface area contributed by atoms with Gasteiger partial charge in [0.1, 0.15) is 5.82 Å². The van der Waals surface area contributed by atoms with E-state index in [0.29, 0.717) is 17.5 Å². The predicted octanol–water partition coefficient (Wildman–Crippen LogP) is 3.99. The number of hydrogen-bond acceptors (Lipinski definition) is 5. The van der Waals surface area contributed by atoms with Gasteiger partial charge in [-0.2, -0.15) is 0 Å². The number of aromatic nitrogens is 3. The fourth-order valence-electron chi connectivity index (χ4n) is 2.55. The molecule has 0 aliphatic rings. The summed E-state index contributed by atoms with van der Waals surface area (Å²) >= 11 is 3.07. The number of carbonyl (C=O) groups excluding carboxylic acids is 1. The van der Waals surface area contributed by atoms with E-state index >= 15 is 0 Å². The van der Waals surface area contributed by atoms with E-state index in [4.69, 9.17) is 0 Å². The third-order valence-electron chi connectivity index (χ3n) is 3.90. The van der Waals surface area contributed by atoms with Gasteiger partial charge in [0.2, 0.25) is 11.1 Å². The highest BCUT2D eigenvalue weighted by Gasteiger charge is 2.18. The number of carbonyl (C=O) groups is 1. The van der Waals surface area contributed by atoms with E-state index in [2.05, 4.69) is 21.2 Å². The molecule has 2 aromatic heterocycles. The maximum Gasteiger partial charge on any atom is 0.233 e. The summed E-state index contributed by atoms with van der Waals surface area (Å²) in [7, 11) is 0. The zero-order chi connectivity index (χ0) is 18.4. The minimum atomic E-state index is 0.0958. The molecule has 0 bridgehead atoms. The predicted molar refractivity (Wildman–Crippen MR) is 106 cm³/mol. The molecule has 0 atom stereocenters. The van der Waals surface area contributed by atoms with Gasteiger partial charge in [0.25, 0.3) is 0 Å². The Morgan fingerprint density at radius 1 is 1.23 bits per heavy atom. The number of nitrogens with one attached hydrogen (secondary N) is 1. The number of aromatic amines is 1. The summed E-state index contributed by atoms with van der Waals surface area (Å²) in [6.45, 7) is 4.70. The normalized spacial score (nSPS) is 11.0. The van der Waals surface area contributed by atoms with Crippen LogP contribution in [0.4, 0.5) is 0 Å². The average Bonchev–Trinajstić information content (AvgIpc) is 3.31. The molecule has 7 heteroatoms. The van der Waals surface area contributed by atoms with E-state index in [-0.39, 0.29) is 11.9 Å². The SMILES string of the molecule is CC(C)N(Cc1ccccc1)C(=O)CSc1n[nH]c(Cc2cccs2)n1. The first-order valence-electron chi connectivity index (χ1n) is 8.51. The fourth-order valence-corrected chi connectivity index (χ4v) is 3.96. The number of thiophene rings is 1. The van der Waals surface area contributed by atoms with Gasteiger partial charge in [0.15, 0.2) is 0 Å². The third-order valence-corrected chi connectivity index (χ3v) is 5.61. The van der Waals surface area contributed by atoms with Crippen LogP contribution in [0.25, 0.3) is 0 Å². The van der Waals surface area contributed by atoms with Gasteiger partial charge in [0, 0.05) is 23.9 Å². The quantitative estimate of drug-likeness (QED) is 0.595. The summed E-state index contributed by atoms with van der Waals surface area (Å²) in [4.78, 5) is 20.3. The van der Waals surface area contributed by atoms with Gasteiger partial charge in [-0.1, -0.05) is 48.2 Å². The smallest absolute Gasteiger partial charge is 0.233 e. The summed E-state index contributed by atoms with van der Waals surface area (Å²) in [6, 6.07) is 14.3. The number of nitrogens with zero attached hydrogens (tertiary/aromatic N) is 3. The first kappa shape index (κ1) is 18.7. The number of rotatable bonds is 8. The molecule has 1 amide bonds. The molecule has 136 valence electrons. The molecule has 1 N–H and O–H groups in total. The molecule has 0 saturated carbocycles. The molecular weight excluding hydrogens is 364 g/mol. The van der Waals surface area contributed by atoms with Crippen LogP contribution >= 0.6 is 23.1 Å². The number of thioether (sulfide) groups is 1. The monoisotopic (exact) mass is 386 g/mol. The molecule has 26 heavy (non-hydrogen) atoms. The molecule has 0 aliphatic carbocycles. The van der Waals surface area contributed by atoms with Gasteiger partial charge in [-0.3, -0.25) is 9.89 Å². The minimum absolute atomic E-state index is 0.0958. The first-order valence-corrected chi connectivity index (χ1v) is 10.4. The van der Waals surface area contributed by atoms with E-state index in [1.54, 1.807) is 11.3 Å². The summed E-state index contributed by atoms with van der Waals surface area (Å²) < 4.78 is 0. The maximum absolute atomic E-state index is 12.7. The van der Waals surface area contributed by atoms with Crippen LogP contribution in [0.3, 0.4) is 0 Å². The van der Waals surface area contributed by atoms with Crippen LogP contribution in [-0.2, 0) is 17.8 Å². The molecule has 3 aromatic rings. The zero-order valence-electron chi connectivity index (χ0n) is 14.9. The number of benzene rings is 1. The van der Waals surface area contributed by atoms with Crippen LogP contribution in [0.15, 0.2) is 53.0 Å². The van der Waals surface area contributed by atoms with E-state index in [1.807, 2.05) is 60.5 Å². The Hall–Kier alpha value is -2.12. The Morgan fingerprint density at radius 2 is 2.04 bits per heavy atom. The molecule has 0 spiro atoms. The lowest BCUT2D eigenvalue weighted by molar-refractivity contribution is -0.130. The van der Waals surface area contributed by atoms with Crippen molar-refractivity contribution in [2.45, 2.75) is 38.0 Å². The number of hydrogen-bond donors (Lipinski definition) is 1. The second-order valence-electron chi connectivity index (χ2n) is 6.21. The standard InChI is InChI=1S/C19H22N4OS2/c1-14(2)23(12-15-7-4-3-5-8-15)18(24)13-26-19-20-17(21-22-19)11-16-9-6-10-25-16/h3-10,14H,11-13H2,1-2H3,(H,20,21,22). The Balaban J connectivity index is 1.55. The fraction of sp³-hybridized carbons (Fsp3) is 0.316. The lowest BCUT2D eigenvalue weighted by Crippen LogP contribution is -2.37. The van der Waals surface area contributed by atoms with Gasteiger partial charge in [-0.15, -0.1) is 16.4 Å². The van der Waals surface area contributed by atoms with Crippen molar-refractivity contribution in [1.82, 2.24) is 20.1 Å². The Kier molecular flexibility index (Phi) is 6.46. The van der Waals surface area contributed by atoms with E-state index in [1.165, 1.54) is 16.6 Å². The first-order chi connectivity index (χ1) is 12.6. The van der Waals surface area contributed by atoms with E-state index < -0.39 is 0 Å². The summed E-state index contributed by atoms with van der Waals surface area (Å²) in [5.41, 5.74) is 1.13. The summed E-state index contributed by atoms with van der Waals surface area (Å²) in [6.07, 6.45) is 0.741. The maximum atomic E-state index is 12.7. The van der Waals surface area contributed by atoms with Crippen LogP contribution in [-0.4, -0.2) is 37.8 Å². The summed E-state index contributed by atoms with van der Waals surface area (Å²) in [5, 5.41) is 9.84. The third kappa shape index (κ3) is 5.19. The van der Waals surface area contributed by atoms with Crippen molar-refractivity contribution in [2.75, 3.05) is 5.75 Å². The number of H-pyrrole nitrogens is 1. The molecule has 0 aliphatic heterocycles. The van der Waals surface area contributed by atoms with Crippen molar-refractivity contribution in [3.8, 4) is 0 Å². The molecule has 5 nitrogen and oxygen atoms in total. The summed E-state index contributed by atoms with van der Waals surface area (Å²) in [5.74, 6) is 1.26. The molecular formula is C19H22N4OS2. The van der Waals surface area contributed by atoms with Gasteiger partial charge < -0.3 is 4.90 Å². The topological polar surface area (TPSA) is 61.9 Å². The highest BCUT2D eigenvalue weighted by atomic mass is 32.2.